The van der Waals surface area contributed by atoms with E-state index in [1.54, 1.807) is 54.6 Å². The van der Waals surface area contributed by atoms with E-state index >= 15 is 0 Å². The predicted octanol–water partition coefficient (Wildman–Crippen LogP) is 3.19. The molecule has 0 aliphatic carbocycles. The summed E-state index contributed by atoms with van der Waals surface area (Å²) in [5, 5.41) is 5.72. The molecule has 0 unspecified atom stereocenters. The third-order valence-corrected chi connectivity index (χ3v) is 4.61. The Balaban J connectivity index is 1.75. The summed E-state index contributed by atoms with van der Waals surface area (Å²) in [7, 11) is 1.53. The van der Waals surface area contributed by atoms with Crippen LogP contribution in [0.1, 0.15) is 20.8 Å². The molecule has 2 aromatic carbocycles. The fraction of sp³-hybridized carbons (Fsp3) is 0.136. The number of hydrogen-bond donors (Lipinski definition) is 2. The van der Waals surface area contributed by atoms with Crippen molar-refractivity contribution in [2.75, 3.05) is 19.0 Å². The Labute approximate surface area is 178 Å². The number of rotatable bonds is 7. The van der Waals surface area contributed by atoms with E-state index in [1.807, 2.05) is 0 Å². The third-order valence-electron chi connectivity index (χ3n) is 4.30. The van der Waals surface area contributed by atoms with Gasteiger partial charge in [-0.1, -0.05) is 35.9 Å². The van der Waals surface area contributed by atoms with Gasteiger partial charge in [0.15, 0.2) is 0 Å². The molecule has 0 atom stereocenters. The van der Waals surface area contributed by atoms with Crippen LogP contribution in [0, 0.1) is 0 Å². The van der Waals surface area contributed by atoms with Gasteiger partial charge < -0.3 is 19.9 Å². The van der Waals surface area contributed by atoms with Crippen molar-refractivity contribution < 1.29 is 14.3 Å². The molecule has 3 rings (SSSR count). The van der Waals surface area contributed by atoms with E-state index in [9.17, 15) is 14.4 Å². The van der Waals surface area contributed by atoms with Gasteiger partial charge in [-0.25, -0.2) is 0 Å². The number of halogens is 1. The van der Waals surface area contributed by atoms with Gasteiger partial charge in [-0.15, -0.1) is 0 Å². The maximum absolute atomic E-state index is 12.8. The second kappa shape index (κ2) is 9.76. The first-order valence-corrected chi connectivity index (χ1v) is 9.58. The van der Waals surface area contributed by atoms with E-state index in [0.29, 0.717) is 22.0 Å². The number of anilines is 1. The Morgan fingerprint density at radius 1 is 1.00 bits per heavy atom. The largest absolute Gasteiger partial charge is 0.490 e. The molecule has 0 aliphatic rings. The second-order valence-corrected chi connectivity index (χ2v) is 6.70. The van der Waals surface area contributed by atoms with E-state index < -0.39 is 5.91 Å². The fourth-order valence-corrected chi connectivity index (χ4v) is 3.03. The van der Waals surface area contributed by atoms with Gasteiger partial charge in [0, 0.05) is 24.4 Å². The molecule has 8 heteroatoms. The van der Waals surface area contributed by atoms with Crippen molar-refractivity contribution in [2.24, 2.45) is 0 Å². The molecular weight excluding hydrogens is 406 g/mol. The fourth-order valence-electron chi connectivity index (χ4n) is 2.84. The number of carbonyl (C=O) groups is 2. The van der Waals surface area contributed by atoms with Crippen LogP contribution in [0.25, 0.3) is 0 Å². The van der Waals surface area contributed by atoms with E-state index in [1.165, 1.54) is 23.7 Å². The van der Waals surface area contributed by atoms with Gasteiger partial charge in [0.25, 0.3) is 17.4 Å². The van der Waals surface area contributed by atoms with Crippen LogP contribution in [0.3, 0.4) is 0 Å². The monoisotopic (exact) mass is 425 g/mol. The predicted molar refractivity (Wildman–Crippen MR) is 115 cm³/mol. The van der Waals surface area contributed by atoms with Gasteiger partial charge >= 0.3 is 0 Å². The van der Waals surface area contributed by atoms with E-state index in [4.69, 9.17) is 16.3 Å². The van der Waals surface area contributed by atoms with Crippen molar-refractivity contribution >= 4 is 29.1 Å². The number of ether oxygens (including phenoxy) is 1. The van der Waals surface area contributed by atoms with Crippen LogP contribution in [-0.4, -0.2) is 30.0 Å². The molecule has 1 aromatic heterocycles. The second-order valence-electron chi connectivity index (χ2n) is 6.29. The standard InChI is InChI=1S/C22H20ClN3O4/c1-24-21(28)15-6-4-7-16(14-15)25-22(29)18-9-5-11-20(27)26(18)12-13-30-19-10-3-2-8-17(19)23/h2-11,14H,12-13H2,1H3,(H,24,28)(H,25,29). The van der Waals surface area contributed by atoms with E-state index in [0.717, 1.165) is 0 Å². The summed E-state index contributed by atoms with van der Waals surface area (Å²) >= 11 is 6.07. The molecule has 7 nitrogen and oxygen atoms in total. The number of aromatic nitrogens is 1. The van der Waals surface area contributed by atoms with Gasteiger partial charge in [0.2, 0.25) is 0 Å². The summed E-state index contributed by atoms with van der Waals surface area (Å²) in [5.74, 6) is -0.237. The quantitative estimate of drug-likeness (QED) is 0.608. The number of nitrogens with one attached hydrogen (secondary N) is 2. The summed E-state index contributed by atoms with van der Waals surface area (Å²) in [6, 6.07) is 18.0. The van der Waals surface area contributed by atoms with Gasteiger partial charge in [-0.05, 0) is 36.4 Å². The zero-order valence-electron chi connectivity index (χ0n) is 16.2. The van der Waals surface area contributed by atoms with Crippen LogP contribution >= 0.6 is 11.6 Å². The summed E-state index contributed by atoms with van der Waals surface area (Å²) in [6.07, 6.45) is 0. The Hall–Kier alpha value is -3.58. The first kappa shape index (κ1) is 21.1. The molecule has 0 spiro atoms. The zero-order valence-corrected chi connectivity index (χ0v) is 17.0. The number of nitrogens with zero attached hydrogens (tertiary/aromatic N) is 1. The Morgan fingerprint density at radius 3 is 2.53 bits per heavy atom. The maximum atomic E-state index is 12.8. The maximum Gasteiger partial charge on any atom is 0.272 e. The summed E-state index contributed by atoms with van der Waals surface area (Å²) in [6.45, 7) is 0.312. The molecule has 0 fully saturated rings. The van der Waals surface area contributed by atoms with Gasteiger partial charge in [0.05, 0.1) is 11.6 Å². The lowest BCUT2D eigenvalue weighted by molar-refractivity contribution is 0.0961. The van der Waals surface area contributed by atoms with Crippen molar-refractivity contribution in [1.82, 2.24) is 9.88 Å². The number of carbonyl (C=O) groups excluding carboxylic acids is 2. The number of hydrogen-bond acceptors (Lipinski definition) is 4. The minimum atomic E-state index is -0.473. The molecule has 0 saturated carbocycles. The lowest BCUT2D eigenvalue weighted by Crippen LogP contribution is -2.29. The number of benzene rings is 2. The zero-order chi connectivity index (χ0) is 21.5. The lowest BCUT2D eigenvalue weighted by atomic mass is 10.2. The average molecular weight is 426 g/mol. The number of amides is 2. The normalized spacial score (nSPS) is 10.3. The highest BCUT2D eigenvalue weighted by atomic mass is 35.5. The summed E-state index contributed by atoms with van der Waals surface area (Å²) in [4.78, 5) is 36.9. The molecule has 0 bridgehead atoms. The minimum absolute atomic E-state index is 0.153. The van der Waals surface area contributed by atoms with Gasteiger partial charge in [0.1, 0.15) is 18.1 Å². The summed E-state index contributed by atoms with van der Waals surface area (Å²) in [5.41, 5.74) is 0.699. The molecule has 154 valence electrons. The number of pyridine rings is 1. The molecule has 2 N–H and O–H groups in total. The molecule has 1 heterocycles. The van der Waals surface area contributed by atoms with E-state index in [2.05, 4.69) is 10.6 Å². The molecular formula is C22H20ClN3O4. The van der Waals surface area contributed by atoms with Crippen LogP contribution in [0.4, 0.5) is 5.69 Å². The van der Waals surface area contributed by atoms with Crippen molar-refractivity contribution in [3.63, 3.8) is 0 Å². The van der Waals surface area contributed by atoms with Crippen LogP contribution < -0.4 is 20.9 Å². The highest BCUT2D eigenvalue weighted by Gasteiger charge is 2.14. The average Bonchev–Trinajstić information content (AvgIpc) is 2.75. The van der Waals surface area contributed by atoms with Crippen molar-refractivity contribution in [3.8, 4) is 5.75 Å². The smallest absolute Gasteiger partial charge is 0.272 e. The van der Waals surface area contributed by atoms with Crippen molar-refractivity contribution in [1.29, 1.82) is 0 Å². The molecule has 2 amide bonds. The Morgan fingerprint density at radius 2 is 1.77 bits per heavy atom. The first-order valence-electron chi connectivity index (χ1n) is 9.20. The molecule has 0 radical (unpaired) electrons. The molecule has 3 aromatic rings. The highest BCUT2D eigenvalue weighted by molar-refractivity contribution is 6.32. The topological polar surface area (TPSA) is 89.4 Å². The van der Waals surface area contributed by atoms with E-state index in [-0.39, 0.29) is 30.3 Å². The van der Waals surface area contributed by atoms with Crippen molar-refractivity contribution in [2.45, 2.75) is 6.54 Å². The molecule has 30 heavy (non-hydrogen) atoms. The number of para-hydroxylation sites is 1. The summed E-state index contributed by atoms with van der Waals surface area (Å²) < 4.78 is 6.96. The molecule has 0 aliphatic heterocycles. The minimum Gasteiger partial charge on any atom is -0.490 e. The van der Waals surface area contributed by atoms with Crippen LogP contribution in [-0.2, 0) is 6.54 Å². The van der Waals surface area contributed by atoms with Crippen LogP contribution in [0.5, 0.6) is 5.75 Å². The highest BCUT2D eigenvalue weighted by Crippen LogP contribution is 2.23. The molecule has 0 saturated heterocycles. The Bertz CT molecular complexity index is 1130. The third kappa shape index (κ3) is 5.07. The van der Waals surface area contributed by atoms with Crippen LogP contribution in [0.2, 0.25) is 5.02 Å². The first-order chi connectivity index (χ1) is 14.5. The van der Waals surface area contributed by atoms with Gasteiger partial charge in [-0.2, -0.15) is 0 Å². The Kier molecular flexibility index (Phi) is 6.87. The van der Waals surface area contributed by atoms with Gasteiger partial charge in [-0.3, -0.25) is 14.4 Å². The van der Waals surface area contributed by atoms with Crippen molar-refractivity contribution in [3.05, 3.63) is 93.4 Å². The SMILES string of the molecule is CNC(=O)c1cccc(NC(=O)c2cccc(=O)n2CCOc2ccccc2Cl)c1. The lowest BCUT2D eigenvalue weighted by Gasteiger charge is -2.14. The van der Waals surface area contributed by atoms with Crippen LogP contribution in [0.15, 0.2) is 71.5 Å².